The summed E-state index contributed by atoms with van der Waals surface area (Å²) < 4.78 is 0. The van der Waals surface area contributed by atoms with Crippen LogP contribution >= 0.6 is 0 Å². The van der Waals surface area contributed by atoms with E-state index in [0.29, 0.717) is 6.54 Å². The first-order chi connectivity index (χ1) is 10.1. The summed E-state index contributed by atoms with van der Waals surface area (Å²) in [7, 11) is 0. The second-order valence-electron chi connectivity index (χ2n) is 4.91. The van der Waals surface area contributed by atoms with Gasteiger partial charge in [-0.1, -0.05) is 51.9 Å². The molecule has 0 saturated carbocycles. The van der Waals surface area contributed by atoms with Crippen LogP contribution in [0.15, 0.2) is 11.8 Å². The van der Waals surface area contributed by atoms with Crippen molar-refractivity contribution in [1.29, 1.82) is 5.26 Å². The normalized spacial score (nSPS) is 10.8. The van der Waals surface area contributed by atoms with E-state index in [1.807, 2.05) is 0 Å². The smallest absolute Gasteiger partial charge is 0.318 e. The minimum Gasteiger partial charge on any atom is -0.365 e. The van der Waals surface area contributed by atoms with Crippen molar-refractivity contribution in [3.05, 3.63) is 11.8 Å². The summed E-state index contributed by atoms with van der Waals surface area (Å²) in [6.45, 7) is 2.78. The number of primary amides is 1. The molecule has 118 valence electrons. The van der Waals surface area contributed by atoms with Gasteiger partial charge in [0.1, 0.15) is 11.6 Å². The van der Waals surface area contributed by atoms with Crippen molar-refractivity contribution in [3.63, 3.8) is 0 Å². The number of urea groups is 1. The fourth-order valence-corrected chi connectivity index (χ4v) is 1.81. The monoisotopic (exact) mass is 294 g/mol. The molecule has 0 saturated heterocycles. The second-order valence-corrected chi connectivity index (χ2v) is 4.91. The zero-order chi connectivity index (χ0) is 15.9. The summed E-state index contributed by atoms with van der Waals surface area (Å²) in [5.41, 5.74) is 4.65. The summed E-state index contributed by atoms with van der Waals surface area (Å²) >= 11 is 0. The predicted octanol–water partition coefficient (Wildman–Crippen LogP) is 2.32. The molecular weight excluding hydrogens is 268 g/mol. The van der Waals surface area contributed by atoms with E-state index in [4.69, 9.17) is 11.0 Å². The van der Waals surface area contributed by atoms with Gasteiger partial charge in [0.15, 0.2) is 0 Å². The molecule has 6 heteroatoms. The Bertz CT molecular complexity index is 386. The van der Waals surface area contributed by atoms with Crippen molar-refractivity contribution in [2.75, 3.05) is 6.54 Å². The van der Waals surface area contributed by atoms with Gasteiger partial charge in [-0.2, -0.15) is 5.26 Å². The Morgan fingerprint density at radius 2 is 1.67 bits per heavy atom. The Morgan fingerprint density at radius 1 is 1.10 bits per heavy atom. The highest BCUT2D eigenvalue weighted by atomic mass is 16.2. The van der Waals surface area contributed by atoms with Crippen LogP contribution in [-0.2, 0) is 4.79 Å². The quantitative estimate of drug-likeness (QED) is 0.309. The molecule has 0 radical (unpaired) electrons. The molecule has 0 fully saturated rings. The van der Waals surface area contributed by atoms with Crippen molar-refractivity contribution in [1.82, 2.24) is 10.6 Å². The third-order valence-corrected chi connectivity index (χ3v) is 3.05. The first-order valence-corrected chi connectivity index (χ1v) is 7.56. The van der Waals surface area contributed by atoms with Gasteiger partial charge in [0.05, 0.1) is 0 Å². The van der Waals surface area contributed by atoms with Crippen LogP contribution in [0.25, 0.3) is 0 Å². The molecule has 0 aromatic carbocycles. The first kappa shape index (κ1) is 19.0. The number of nitrogens with one attached hydrogen (secondary N) is 2. The lowest BCUT2D eigenvalue weighted by Crippen LogP contribution is -2.33. The number of nitriles is 1. The average molecular weight is 294 g/mol. The zero-order valence-corrected chi connectivity index (χ0v) is 12.8. The number of unbranched alkanes of at least 4 members (excludes halogenated alkanes) is 7. The Hall–Kier alpha value is -2.03. The van der Waals surface area contributed by atoms with Crippen LogP contribution in [0.2, 0.25) is 0 Å². The minimum atomic E-state index is -0.860. The summed E-state index contributed by atoms with van der Waals surface area (Å²) in [6.07, 6.45) is 10.6. The van der Waals surface area contributed by atoms with Gasteiger partial charge in [0.25, 0.3) is 5.91 Å². The molecule has 0 aliphatic carbocycles. The molecule has 0 atom stereocenters. The highest BCUT2D eigenvalue weighted by Gasteiger charge is 2.04. The van der Waals surface area contributed by atoms with Gasteiger partial charge in [-0.15, -0.1) is 0 Å². The average Bonchev–Trinajstić information content (AvgIpc) is 2.45. The SMILES string of the molecule is CCCCCCCCCCNC(=O)NC=C(C#N)C(N)=O. The topological polar surface area (TPSA) is 108 Å². The standard InChI is InChI=1S/C15H26N4O2/c1-2-3-4-5-6-7-8-9-10-18-15(21)19-12-13(11-16)14(17)20/h12H,2-10H2,1H3,(H2,17,20)(H2,18,19,21). The molecule has 0 aromatic heterocycles. The lowest BCUT2D eigenvalue weighted by Gasteiger charge is -2.05. The van der Waals surface area contributed by atoms with Crippen molar-refractivity contribution in [2.45, 2.75) is 58.3 Å². The molecule has 0 bridgehead atoms. The van der Waals surface area contributed by atoms with Crippen LogP contribution in [0, 0.1) is 11.3 Å². The lowest BCUT2D eigenvalue weighted by molar-refractivity contribution is -0.114. The molecule has 0 heterocycles. The van der Waals surface area contributed by atoms with E-state index >= 15 is 0 Å². The van der Waals surface area contributed by atoms with Gasteiger partial charge in [-0.3, -0.25) is 4.79 Å². The van der Waals surface area contributed by atoms with Gasteiger partial charge in [-0.05, 0) is 6.42 Å². The number of amides is 3. The Labute approximate surface area is 126 Å². The Morgan fingerprint density at radius 3 is 2.19 bits per heavy atom. The second kappa shape index (κ2) is 13.0. The van der Waals surface area contributed by atoms with E-state index in [1.165, 1.54) is 38.5 Å². The molecule has 0 spiro atoms. The molecule has 3 amide bonds. The van der Waals surface area contributed by atoms with E-state index in [9.17, 15) is 9.59 Å². The summed E-state index contributed by atoms with van der Waals surface area (Å²) in [4.78, 5) is 22.1. The van der Waals surface area contributed by atoms with Crippen molar-refractivity contribution in [3.8, 4) is 6.07 Å². The zero-order valence-electron chi connectivity index (χ0n) is 12.8. The van der Waals surface area contributed by atoms with Crippen LogP contribution in [0.5, 0.6) is 0 Å². The maximum absolute atomic E-state index is 11.4. The van der Waals surface area contributed by atoms with Crippen molar-refractivity contribution in [2.24, 2.45) is 5.73 Å². The Balaban J connectivity index is 3.55. The highest BCUT2D eigenvalue weighted by Crippen LogP contribution is 2.07. The number of carbonyl (C=O) groups excluding carboxylic acids is 2. The van der Waals surface area contributed by atoms with Gasteiger partial charge in [0.2, 0.25) is 0 Å². The third-order valence-electron chi connectivity index (χ3n) is 3.05. The number of nitrogens with zero attached hydrogens (tertiary/aromatic N) is 1. The number of hydrogen-bond donors (Lipinski definition) is 3. The van der Waals surface area contributed by atoms with Crippen LogP contribution in [0.1, 0.15) is 58.3 Å². The third kappa shape index (κ3) is 11.5. The fourth-order valence-electron chi connectivity index (χ4n) is 1.81. The molecule has 0 aromatic rings. The van der Waals surface area contributed by atoms with E-state index in [0.717, 1.165) is 19.0 Å². The Kier molecular flexibility index (Phi) is 11.7. The van der Waals surface area contributed by atoms with E-state index in [2.05, 4.69) is 17.6 Å². The summed E-state index contributed by atoms with van der Waals surface area (Å²) in [6, 6.07) is 1.17. The maximum Gasteiger partial charge on any atom is 0.318 e. The van der Waals surface area contributed by atoms with E-state index < -0.39 is 11.9 Å². The first-order valence-electron chi connectivity index (χ1n) is 7.56. The number of hydrogen-bond acceptors (Lipinski definition) is 3. The van der Waals surface area contributed by atoms with Crippen molar-refractivity contribution >= 4 is 11.9 Å². The van der Waals surface area contributed by atoms with Crippen LogP contribution in [0.4, 0.5) is 4.79 Å². The number of rotatable bonds is 11. The molecule has 0 aliphatic heterocycles. The van der Waals surface area contributed by atoms with Gasteiger partial charge in [0, 0.05) is 12.7 Å². The van der Waals surface area contributed by atoms with Crippen LogP contribution < -0.4 is 16.4 Å². The van der Waals surface area contributed by atoms with Crippen LogP contribution in [0.3, 0.4) is 0 Å². The number of nitrogens with two attached hydrogens (primary N) is 1. The largest absolute Gasteiger partial charge is 0.365 e. The predicted molar refractivity (Wildman–Crippen MR) is 82.0 cm³/mol. The minimum absolute atomic E-state index is 0.280. The summed E-state index contributed by atoms with van der Waals surface area (Å²) in [5, 5.41) is 13.5. The molecule has 6 nitrogen and oxygen atoms in total. The lowest BCUT2D eigenvalue weighted by atomic mass is 10.1. The molecule has 0 unspecified atom stereocenters. The van der Waals surface area contributed by atoms with Gasteiger partial charge >= 0.3 is 6.03 Å². The summed E-state index contributed by atoms with van der Waals surface area (Å²) in [5.74, 6) is -0.860. The van der Waals surface area contributed by atoms with Crippen LogP contribution in [-0.4, -0.2) is 18.5 Å². The van der Waals surface area contributed by atoms with Gasteiger partial charge < -0.3 is 16.4 Å². The van der Waals surface area contributed by atoms with E-state index in [-0.39, 0.29) is 5.57 Å². The molecule has 0 aliphatic rings. The molecule has 21 heavy (non-hydrogen) atoms. The maximum atomic E-state index is 11.4. The van der Waals surface area contributed by atoms with Gasteiger partial charge in [-0.25, -0.2) is 4.79 Å². The van der Waals surface area contributed by atoms with Crippen molar-refractivity contribution < 1.29 is 9.59 Å². The molecule has 4 N–H and O–H groups in total. The molecular formula is C15H26N4O2. The van der Waals surface area contributed by atoms with E-state index in [1.54, 1.807) is 6.07 Å². The fraction of sp³-hybridized carbons (Fsp3) is 0.667. The highest BCUT2D eigenvalue weighted by molar-refractivity contribution is 5.96. The number of carbonyl (C=O) groups is 2. The molecule has 0 rings (SSSR count).